The number of hydrogen-bond donors (Lipinski definition) is 1. The van der Waals surface area contributed by atoms with Crippen molar-refractivity contribution in [3.05, 3.63) is 23.3 Å². The highest BCUT2D eigenvalue weighted by Crippen LogP contribution is 2.32. The number of aromatic carboxylic acids is 1. The van der Waals surface area contributed by atoms with E-state index in [1.165, 1.54) is 11.3 Å². The molecule has 0 bridgehead atoms. The molecule has 0 amide bonds. The van der Waals surface area contributed by atoms with E-state index in [2.05, 4.69) is 4.98 Å². The van der Waals surface area contributed by atoms with Gasteiger partial charge in [-0.1, -0.05) is 11.3 Å². The fraction of sp³-hybridized carbons (Fsp3) is 0.273. The average Bonchev–Trinajstić information content (AvgIpc) is 2.82. The minimum Gasteiger partial charge on any atom is -0.477 e. The van der Waals surface area contributed by atoms with Crippen molar-refractivity contribution in [1.82, 2.24) is 9.55 Å². The van der Waals surface area contributed by atoms with Crippen molar-refractivity contribution in [3.63, 3.8) is 0 Å². The monoisotopic (exact) mass is 251 g/mol. The summed E-state index contributed by atoms with van der Waals surface area (Å²) in [5, 5.41) is 9.87. The predicted octanol–water partition coefficient (Wildman–Crippen LogP) is 1.91. The lowest BCUT2D eigenvalue weighted by Gasteiger charge is -2.05. The Morgan fingerprint density at radius 3 is 2.71 bits per heavy atom. The van der Waals surface area contributed by atoms with Crippen molar-refractivity contribution in [2.75, 3.05) is 19.0 Å². The second-order valence-corrected chi connectivity index (χ2v) is 4.92. The highest BCUT2D eigenvalue weighted by Gasteiger charge is 2.19. The van der Waals surface area contributed by atoms with E-state index in [9.17, 15) is 9.90 Å². The molecule has 0 spiro atoms. The maximum atomic E-state index is 11.2. The smallest absolute Gasteiger partial charge is 0.348 e. The first kappa shape index (κ1) is 11.7. The molecule has 0 aliphatic carbocycles. The quantitative estimate of drug-likeness (QED) is 0.905. The van der Waals surface area contributed by atoms with Gasteiger partial charge in [-0.15, -0.1) is 0 Å². The van der Waals surface area contributed by atoms with Gasteiger partial charge in [0.2, 0.25) is 0 Å². The lowest BCUT2D eigenvalue weighted by Crippen LogP contribution is -2.07. The van der Waals surface area contributed by atoms with Gasteiger partial charge in [0.25, 0.3) is 0 Å². The molecule has 0 fully saturated rings. The fourth-order valence-corrected chi connectivity index (χ4v) is 2.33. The van der Waals surface area contributed by atoms with Gasteiger partial charge in [-0.05, 0) is 6.07 Å². The van der Waals surface area contributed by atoms with Crippen LogP contribution in [0, 0.1) is 0 Å². The lowest BCUT2D eigenvalue weighted by molar-refractivity contribution is 0.0702. The van der Waals surface area contributed by atoms with Gasteiger partial charge in [0, 0.05) is 39.1 Å². The van der Waals surface area contributed by atoms with Crippen LogP contribution in [-0.2, 0) is 7.05 Å². The van der Waals surface area contributed by atoms with Gasteiger partial charge in [-0.3, -0.25) is 0 Å². The minimum atomic E-state index is -0.936. The molecule has 0 aromatic carbocycles. The molecule has 2 aromatic heterocycles. The van der Waals surface area contributed by atoms with Crippen molar-refractivity contribution in [1.29, 1.82) is 0 Å². The molecule has 0 aliphatic heterocycles. The Kier molecular flexibility index (Phi) is 2.89. The van der Waals surface area contributed by atoms with Crippen molar-refractivity contribution >= 4 is 22.4 Å². The molecule has 0 aliphatic rings. The summed E-state index contributed by atoms with van der Waals surface area (Å²) in [6.45, 7) is 0. The van der Waals surface area contributed by atoms with Crippen LogP contribution >= 0.6 is 11.3 Å². The second kappa shape index (κ2) is 4.21. The van der Waals surface area contributed by atoms with Crippen LogP contribution in [0.15, 0.2) is 18.5 Å². The number of aromatic nitrogens is 2. The van der Waals surface area contributed by atoms with Crippen LogP contribution in [0.4, 0.5) is 5.13 Å². The molecule has 1 N–H and O–H groups in total. The molecule has 90 valence electrons. The van der Waals surface area contributed by atoms with Crippen LogP contribution < -0.4 is 4.90 Å². The summed E-state index contributed by atoms with van der Waals surface area (Å²) in [5.74, 6) is -0.936. The van der Waals surface area contributed by atoms with E-state index in [4.69, 9.17) is 0 Å². The van der Waals surface area contributed by atoms with Crippen LogP contribution in [0.3, 0.4) is 0 Å². The maximum absolute atomic E-state index is 11.2. The predicted molar refractivity (Wildman–Crippen MR) is 67.8 cm³/mol. The second-order valence-electron chi connectivity index (χ2n) is 3.94. The number of carboxylic acids is 1. The SMILES string of the molecule is CN(C)c1nc(-c2ccn(C)c2)c(C(=O)O)s1. The lowest BCUT2D eigenvalue weighted by atomic mass is 10.2. The summed E-state index contributed by atoms with van der Waals surface area (Å²) in [6.07, 6.45) is 3.73. The largest absolute Gasteiger partial charge is 0.477 e. The molecular formula is C11H13N3O2S. The fourth-order valence-electron chi connectivity index (χ4n) is 1.48. The summed E-state index contributed by atoms with van der Waals surface area (Å²) in [4.78, 5) is 17.6. The number of nitrogens with zero attached hydrogens (tertiary/aromatic N) is 3. The van der Waals surface area contributed by atoms with E-state index in [-0.39, 0.29) is 4.88 Å². The van der Waals surface area contributed by atoms with Crippen molar-refractivity contribution in [3.8, 4) is 11.3 Å². The highest BCUT2D eigenvalue weighted by molar-refractivity contribution is 7.17. The van der Waals surface area contributed by atoms with Crippen LogP contribution in [0.5, 0.6) is 0 Å². The summed E-state index contributed by atoms with van der Waals surface area (Å²) in [5.41, 5.74) is 1.36. The molecule has 2 aromatic rings. The molecule has 0 radical (unpaired) electrons. The highest BCUT2D eigenvalue weighted by atomic mass is 32.1. The molecule has 6 heteroatoms. The Balaban J connectivity index is 2.55. The van der Waals surface area contributed by atoms with Crippen LogP contribution in [0.25, 0.3) is 11.3 Å². The van der Waals surface area contributed by atoms with E-state index in [0.29, 0.717) is 10.8 Å². The summed E-state index contributed by atoms with van der Waals surface area (Å²) in [7, 11) is 5.58. The Morgan fingerprint density at radius 1 is 1.53 bits per heavy atom. The number of aryl methyl sites for hydroxylation is 1. The molecule has 2 heterocycles. The summed E-state index contributed by atoms with van der Waals surface area (Å²) >= 11 is 1.19. The number of anilines is 1. The standard InChI is InChI=1S/C11H13N3O2S/c1-13(2)11-12-8(9(17-11)10(15)16)7-4-5-14(3)6-7/h4-6H,1-3H3,(H,15,16). The first-order valence-electron chi connectivity index (χ1n) is 5.03. The van der Waals surface area contributed by atoms with Gasteiger partial charge in [0.15, 0.2) is 5.13 Å². The number of rotatable bonds is 3. The van der Waals surface area contributed by atoms with Crippen molar-refractivity contribution in [2.24, 2.45) is 7.05 Å². The normalized spacial score (nSPS) is 10.5. The molecule has 0 saturated carbocycles. The molecule has 5 nitrogen and oxygen atoms in total. The Bertz CT molecular complexity index is 557. The Morgan fingerprint density at radius 2 is 2.24 bits per heavy atom. The van der Waals surface area contributed by atoms with Gasteiger partial charge >= 0.3 is 5.97 Å². The average molecular weight is 251 g/mol. The van der Waals surface area contributed by atoms with Crippen LogP contribution in [0.1, 0.15) is 9.67 Å². The van der Waals surface area contributed by atoms with Gasteiger partial charge in [0.1, 0.15) is 4.88 Å². The Labute approximate surface area is 103 Å². The van der Waals surface area contributed by atoms with Crippen molar-refractivity contribution in [2.45, 2.75) is 0 Å². The topological polar surface area (TPSA) is 58.4 Å². The van der Waals surface area contributed by atoms with E-state index in [1.54, 1.807) is 0 Å². The molecule has 2 rings (SSSR count). The van der Waals surface area contributed by atoms with E-state index in [0.717, 1.165) is 5.56 Å². The Hall–Kier alpha value is -1.82. The number of hydrogen-bond acceptors (Lipinski definition) is 4. The number of thiazole rings is 1. The third-order valence-electron chi connectivity index (χ3n) is 2.30. The third-order valence-corrected chi connectivity index (χ3v) is 3.51. The van der Waals surface area contributed by atoms with Gasteiger partial charge in [-0.25, -0.2) is 9.78 Å². The van der Waals surface area contributed by atoms with Gasteiger partial charge in [0.05, 0.1) is 5.69 Å². The van der Waals surface area contributed by atoms with Gasteiger partial charge < -0.3 is 14.6 Å². The van der Waals surface area contributed by atoms with E-state index in [1.807, 2.05) is 49.1 Å². The van der Waals surface area contributed by atoms with Crippen molar-refractivity contribution < 1.29 is 9.90 Å². The molecule has 17 heavy (non-hydrogen) atoms. The first-order chi connectivity index (χ1) is 7.99. The zero-order valence-corrected chi connectivity index (χ0v) is 10.7. The molecular weight excluding hydrogens is 238 g/mol. The maximum Gasteiger partial charge on any atom is 0.348 e. The summed E-state index contributed by atoms with van der Waals surface area (Å²) in [6, 6.07) is 1.86. The molecule has 0 saturated heterocycles. The van der Waals surface area contributed by atoms with Gasteiger partial charge in [-0.2, -0.15) is 0 Å². The minimum absolute atomic E-state index is 0.278. The van der Waals surface area contributed by atoms with E-state index >= 15 is 0 Å². The van der Waals surface area contributed by atoms with Crippen LogP contribution in [0.2, 0.25) is 0 Å². The van der Waals surface area contributed by atoms with E-state index < -0.39 is 5.97 Å². The number of carboxylic acid groups (broad SMARTS) is 1. The third kappa shape index (κ3) is 2.16. The zero-order chi connectivity index (χ0) is 12.6. The molecule has 0 unspecified atom stereocenters. The first-order valence-corrected chi connectivity index (χ1v) is 5.84. The number of carbonyl (C=O) groups is 1. The summed E-state index contributed by atoms with van der Waals surface area (Å²) < 4.78 is 1.87. The van der Waals surface area contributed by atoms with Crippen LogP contribution in [-0.4, -0.2) is 34.7 Å². The zero-order valence-electron chi connectivity index (χ0n) is 9.84. The molecule has 0 atom stereocenters.